The maximum Gasteiger partial charge on any atom is 0.274 e. The summed E-state index contributed by atoms with van der Waals surface area (Å²) < 4.78 is 23.2. The number of nitro groups is 1. The largest absolute Gasteiger partial charge is 0.376 e. The van der Waals surface area contributed by atoms with Crippen LogP contribution in [-0.4, -0.2) is 54.8 Å². The summed E-state index contributed by atoms with van der Waals surface area (Å²) in [6.07, 6.45) is 0.456. The first-order valence-corrected chi connectivity index (χ1v) is 9.55. The second kappa shape index (κ2) is 7.16. The minimum atomic E-state index is -3.06. The van der Waals surface area contributed by atoms with Gasteiger partial charge in [-0.2, -0.15) is 0 Å². The van der Waals surface area contributed by atoms with Crippen LogP contribution in [0.3, 0.4) is 0 Å². The monoisotopic (exact) mass is 355 g/mol. The zero-order chi connectivity index (χ0) is 17.9. The minimum absolute atomic E-state index is 0.00240. The van der Waals surface area contributed by atoms with Crippen molar-refractivity contribution in [2.24, 2.45) is 0 Å². The molecule has 1 unspecified atom stereocenters. The van der Waals surface area contributed by atoms with Gasteiger partial charge in [0, 0.05) is 29.9 Å². The Kier molecular flexibility index (Phi) is 5.43. The predicted octanol–water partition coefficient (Wildman–Crippen LogP) is 1.35. The van der Waals surface area contributed by atoms with Gasteiger partial charge in [-0.05, 0) is 26.3 Å². The molecule has 1 amide bonds. The molecule has 1 aliphatic rings. The van der Waals surface area contributed by atoms with E-state index in [9.17, 15) is 23.3 Å². The van der Waals surface area contributed by atoms with E-state index in [1.54, 1.807) is 30.9 Å². The van der Waals surface area contributed by atoms with E-state index >= 15 is 0 Å². The number of hydrogen-bond acceptors (Lipinski definition) is 6. The van der Waals surface area contributed by atoms with E-state index in [0.29, 0.717) is 24.2 Å². The third-order valence-corrected chi connectivity index (χ3v) is 5.99. The van der Waals surface area contributed by atoms with Gasteiger partial charge in [-0.1, -0.05) is 6.07 Å². The molecule has 1 fully saturated rings. The number of carbonyl (C=O) groups excluding carboxylic acids is 1. The SMILES string of the molecule is CCN(C(=O)CNc1cccc([N+](=O)[O-])c1C)C1CCS(=O)(=O)C1. The molecule has 8 nitrogen and oxygen atoms in total. The smallest absolute Gasteiger partial charge is 0.274 e. The Morgan fingerprint density at radius 1 is 1.46 bits per heavy atom. The molecule has 1 saturated heterocycles. The molecule has 0 radical (unpaired) electrons. The molecule has 0 aliphatic carbocycles. The summed E-state index contributed by atoms with van der Waals surface area (Å²) in [7, 11) is -3.06. The lowest BCUT2D eigenvalue weighted by molar-refractivity contribution is -0.385. The summed E-state index contributed by atoms with van der Waals surface area (Å²) in [5.41, 5.74) is 0.969. The third kappa shape index (κ3) is 4.02. The highest BCUT2D eigenvalue weighted by atomic mass is 32.2. The topological polar surface area (TPSA) is 110 Å². The normalized spacial score (nSPS) is 19.0. The van der Waals surface area contributed by atoms with Crippen molar-refractivity contribution in [2.75, 3.05) is 29.9 Å². The Morgan fingerprint density at radius 3 is 2.71 bits per heavy atom. The molecule has 1 aromatic carbocycles. The average Bonchev–Trinajstić information content (AvgIpc) is 2.86. The number of benzene rings is 1. The van der Waals surface area contributed by atoms with E-state index in [4.69, 9.17) is 0 Å². The summed E-state index contributed by atoms with van der Waals surface area (Å²) in [5.74, 6) is -0.105. The highest BCUT2D eigenvalue weighted by Crippen LogP contribution is 2.25. The predicted molar refractivity (Wildman–Crippen MR) is 90.8 cm³/mol. The fraction of sp³-hybridized carbons (Fsp3) is 0.533. The molecule has 24 heavy (non-hydrogen) atoms. The van der Waals surface area contributed by atoms with Crippen molar-refractivity contribution in [1.29, 1.82) is 0 Å². The summed E-state index contributed by atoms with van der Waals surface area (Å²) in [5, 5.41) is 13.9. The number of likely N-dealkylation sites (N-methyl/N-ethyl adjacent to an activating group) is 1. The molecule has 9 heteroatoms. The lowest BCUT2D eigenvalue weighted by Crippen LogP contribution is -2.43. The number of nitro benzene ring substituents is 1. The number of nitrogens with one attached hydrogen (secondary N) is 1. The van der Waals surface area contributed by atoms with Gasteiger partial charge in [0.25, 0.3) is 5.69 Å². The maximum absolute atomic E-state index is 12.4. The van der Waals surface area contributed by atoms with E-state index in [1.165, 1.54) is 6.07 Å². The van der Waals surface area contributed by atoms with Crippen LogP contribution in [0.15, 0.2) is 18.2 Å². The number of amides is 1. The first-order valence-electron chi connectivity index (χ1n) is 7.73. The number of anilines is 1. The van der Waals surface area contributed by atoms with Crippen LogP contribution in [0.25, 0.3) is 0 Å². The van der Waals surface area contributed by atoms with Crippen LogP contribution in [0.2, 0.25) is 0 Å². The van der Waals surface area contributed by atoms with Crippen molar-refractivity contribution in [3.8, 4) is 0 Å². The second-order valence-corrected chi connectivity index (χ2v) is 8.03. The Bertz CT molecular complexity index is 747. The molecule has 2 rings (SSSR count). The molecule has 0 saturated carbocycles. The van der Waals surface area contributed by atoms with E-state index in [-0.39, 0.29) is 35.7 Å². The zero-order valence-electron chi connectivity index (χ0n) is 13.7. The molecule has 132 valence electrons. The molecular formula is C15H21N3O5S. The fourth-order valence-electron chi connectivity index (χ4n) is 2.94. The van der Waals surface area contributed by atoms with E-state index < -0.39 is 14.8 Å². The molecular weight excluding hydrogens is 334 g/mol. The third-order valence-electron chi connectivity index (χ3n) is 4.24. The Balaban J connectivity index is 2.04. The number of rotatable bonds is 6. The van der Waals surface area contributed by atoms with Crippen LogP contribution in [0, 0.1) is 17.0 Å². The standard InChI is InChI=1S/C15H21N3O5S/c1-3-17(12-7-8-24(22,23)10-12)15(19)9-16-13-5-4-6-14(11(13)2)18(20)21/h4-6,12,16H,3,7-10H2,1-2H3. The molecule has 0 bridgehead atoms. The zero-order valence-corrected chi connectivity index (χ0v) is 14.5. The summed E-state index contributed by atoms with van der Waals surface area (Å²) in [4.78, 5) is 24.4. The van der Waals surface area contributed by atoms with Crippen LogP contribution < -0.4 is 5.32 Å². The molecule has 1 aliphatic heterocycles. The Morgan fingerprint density at radius 2 is 2.17 bits per heavy atom. The van der Waals surface area contributed by atoms with Crippen molar-refractivity contribution in [3.05, 3.63) is 33.9 Å². The molecule has 1 heterocycles. The van der Waals surface area contributed by atoms with Gasteiger partial charge >= 0.3 is 0 Å². The van der Waals surface area contributed by atoms with Gasteiger partial charge in [-0.15, -0.1) is 0 Å². The second-order valence-electron chi connectivity index (χ2n) is 5.80. The van der Waals surface area contributed by atoms with Crippen molar-refractivity contribution in [3.63, 3.8) is 0 Å². The van der Waals surface area contributed by atoms with Crippen LogP contribution in [0.5, 0.6) is 0 Å². The lowest BCUT2D eigenvalue weighted by Gasteiger charge is -2.27. The van der Waals surface area contributed by atoms with E-state index in [2.05, 4.69) is 5.32 Å². The van der Waals surface area contributed by atoms with Gasteiger partial charge in [-0.3, -0.25) is 14.9 Å². The molecule has 0 spiro atoms. The molecule has 1 atom stereocenters. The first-order chi connectivity index (χ1) is 11.2. The first kappa shape index (κ1) is 18.2. The summed E-state index contributed by atoms with van der Waals surface area (Å²) in [6, 6.07) is 4.34. The summed E-state index contributed by atoms with van der Waals surface area (Å²) >= 11 is 0. The molecule has 1 N–H and O–H groups in total. The highest BCUT2D eigenvalue weighted by Gasteiger charge is 2.33. The van der Waals surface area contributed by atoms with Crippen LogP contribution in [0.1, 0.15) is 18.9 Å². The lowest BCUT2D eigenvalue weighted by atomic mass is 10.1. The highest BCUT2D eigenvalue weighted by molar-refractivity contribution is 7.91. The van der Waals surface area contributed by atoms with Gasteiger partial charge < -0.3 is 10.2 Å². The Hall–Kier alpha value is -2.16. The van der Waals surface area contributed by atoms with Gasteiger partial charge in [0.1, 0.15) is 0 Å². The fourth-order valence-corrected chi connectivity index (χ4v) is 4.68. The summed E-state index contributed by atoms with van der Waals surface area (Å²) in [6.45, 7) is 3.81. The van der Waals surface area contributed by atoms with Crippen molar-refractivity contribution in [1.82, 2.24) is 4.90 Å². The number of carbonyl (C=O) groups is 1. The van der Waals surface area contributed by atoms with Gasteiger partial charge in [0.2, 0.25) is 5.91 Å². The van der Waals surface area contributed by atoms with Gasteiger partial charge in [-0.25, -0.2) is 8.42 Å². The van der Waals surface area contributed by atoms with E-state index in [1.807, 2.05) is 0 Å². The molecule has 0 aromatic heterocycles. The minimum Gasteiger partial charge on any atom is -0.376 e. The number of hydrogen-bond donors (Lipinski definition) is 1. The quantitative estimate of drug-likeness (QED) is 0.609. The average molecular weight is 355 g/mol. The Labute approximate surface area is 140 Å². The van der Waals surface area contributed by atoms with Gasteiger partial charge in [0.15, 0.2) is 9.84 Å². The van der Waals surface area contributed by atoms with Crippen molar-refractivity contribution >= 4 is 27.1 Å². The van der Waals surface area contributed by atoms with Crippen molar-refractivity contribution in [2.45, 2.75) is 26.3 Å². The van der Waals surface area contributed by atoms with Crippen molar-refractivity contribution < 1.29 is 18.1 Å². The van der Waals surface area contributed by atoms with Crippen LogP contribution >= 0.6 is 0 Å². The van der Waals surface area contributed by atoms with Gasteiger partial charge in [0.05, 0.1) is 23.0 Å². The maximum atomic E-state index is 12.4. The number of nitrogens with zero attached hydrogens (tertiary/aromatic N) is 2. The van der Waals surface area contributed by atoms with Crippen LogP contribution in [-0.2, 0) is 14.6 Å². The van der Waals surface area contributed by atoms with Crippen LogP contribution in [0.4, 0.5) is 11.4 Å². The number of sulfone groups is 1. The molecule has 1 aromatic rings. The van der Waals surface area contributed by atoms with E-state index in [0.717, 1.165) is 0 Å².